The van der Waals surface area contributed by atoms with Crippen LogP contribution in [0.15, 0.2) is 150 Å². The molecule has 4 aromatic carbocycles. The van der Waals surface area contributed by atoms with Crippen LogP contribution in [0.2, 0.25) is 10.0 Å². The summed E-state index contributed by atoms with van der Waals surface area (Å²) >= 11 is 18.1. The van der Waals surface area contributed by atoms with Gasteiger partial charge in [-0.05, 0) is 117 Å². The van der Waals surface area contributed by atoms with E-state index in [9.17, 15) is 8.78 Å². The van der Waals surface area contributed by atoms with Crippen molar-refractivity contribution in [3.8, 4) is 0 Å². The summed E-state index contributed by atoms with van der Waals surface area (Å²) in [7, 11) is 3.11. The van der Waals surface area contributed by atoms with Crippen molar-refractivity contribution in [1.82, 2.24) is 9.80 Å². The third-order valence-corrected chi connectivity index (χ3v) is 18.8. The molecular formula is C57H54Cl2F2N4O9S4. The number of benzene rings is 4. The van der Waals surface area contributed by atoms with Gasteiger partial charge in [-0.2, -0.15) is 22.7 Å². The quantitative estimate of drug-likeness (QED) is 0.0760. The van der Waals surface area contributed by atoms with E-state index in [-0.39, 0.29) is 70.5 Å². The Bertz CT molecular complexity index is 2970. The van der Waals surface area contributed by atoms with Crippen molar-refractivity contribution in [1.29, 1.82) is 0 Å². The number of hydrogen-bond donors (Lipinski definition) is 0. The minimum atomic E-state index is -1.28. The summed E-state index contributed by atoms with van der Waals surface area (Å²) in [5, 5.41) is 7.83. The Morgan fingerprint density at radius 2 is 0.987 bits per heavy atom. The molecule has 4 aliphatic rings. The molecule has 2 fully saturated rings. The summed E-state index contributed by atoms with van der Waals surface area (Å²) in [5.41, 5.74) is 2.35. The van der Waals surface area contributed by atoms with Gasteiger partial charge in [-0.25, -0.2) is 13.6 Å². The Morgan fingerprint density at radius 3 is 1.33 bits per heavy atom. The summed E-state index contributed by atoms with van der Waals surface area (Å²) < 4.78 is 64.6. The van der Waals surface area contributed by atoms with Crippen LogP contribution in [-0.2, 0) is 49.1 Å². The molecule has 2 saturated heterocycles. The number of hydrogen-bond acceptors (Lipinski definition) is 15. The average Bonchev–Trinajstić information content (AvgIpc) is 4.32. The van der Waals surface area contributed by atoms with E-state index >= 15 is 14.4 Å². The fraction of sp³-hybridized carbons (Fsp3) is 0.316. The Balaban J connectivity index is 1.11. The number of morpholine rings is 2. The molecule has 0 bridgehead atoms. The standard InChI is InChI=1S/C57H54Cl2F2N4O9S4/c1-69-23-21-64-53(66)51(77-49-13-7-41(60)31-45(49)58)47(33-56(64,39-15-29-75-35-39)37-3-9-43(10-4-37)62-17-25-71-26-18-62)73-55(68)74-48-34-57(40-16-30-76-36-40,38-5-11-44(12-6-38)63-19-27-72-28-20-63)65(22-24-70-2)54(67)52(48)78-50-14-8-42(61)32-46(50)59/h3-16,29-32,35-36H,17-28,33-34H2,1-2H3. The summed E-state index contributed by atoms with van der Waals surface area (Å²) in [4.78, 5) is 55.1. The van der Waals surface area contributed by atoms with Gasteiger partial charge in [0.1, 0.15) is 44.0 Å². The molecule has 0 spiro atoms. The van der Waals surface area contributed by atoms with E-state index in [0.29, 0.717) is 62.4 Å². The van der Waals surface area contributed by atoms with Gasteiger partial charge in [0.2, 0.25) is 0 Å². The normalized spacial score (nSPS) is 20.2. The molecule has 6 aromatic rings. The number of anilines is 2. The van der Waals surface area contributed by atoms with Crippen molar-refractivity contribution in [3.05, 3.63) is 184 Å². The topological polar surface area (TPSA) is 120 Å². The number of thioether (sulfide) groups is 2. The summed E-state index contributed by atoms with van der Waals surface area (Å²) in [6.07, 6.45) is -1.42. The molecule has 408 valence electrons. The van der Waals surface area contributed by atoms with Crippen LogP contribution in [-0.4, -0.2) is 121 Å². The number of rotatable bonds is 18. The molecule has 0 radical (unpaired) electrons. The zero-order chi connectivity index (χ0) is 54.4. The maximum atomic E-state index is 15.7. The second-order valence-corrected chi connectivity index (χ2v) is 23.1. The molecule has 10 rings (SSSR count). The lowest BCUT2D eigenvalue weighted by molar-refractivity contribution is -0.135. The van der Waals surface area contributed by atoms with Crippen LogP contribution in [0.25, 0.3) is 0 Å². The van der Waals surface area contributed by atoms with Crippen molar-refractivity contribution in [2.24, 2.45) is 0 Å². The number of ether oxygens (including phenoxy) is 6. The SMILES string of the molecule is COCCN1C(=O)C(Sc2ccc(F)cc2Cl)=C(OC(=O)OC2=C(Sc3ccc(F)cc3Cl)C(=O)N(CCOC)C(c3ccc(N4CCOCC4)cc3)(c3ccsc3)C2)CC1(c1ccc(N2CCOCC2)cc1)c1ccsc1. The Hall–Kier alpha value is -5.45. The van der Waals surface area contributed by atoms with Gasteiger partial charge in [0.15, 0.2) is 0 Å². The van der Waals surface area contributed by atoms with Crippen LogP contribution in [0.3, 0.4) is 0 Å². The van der Waals surface area contributed by atoms with Crippen LogP contribution in [0, 0.1) is 11.6 Å². The number of methoxy groups -OCH3 is 2. The molecule has 2 aromatic heterocycles. The Morgan fingerprint density at radius 1 is 0.590 bits per heavy atom. The third-order valence-electron chi connectivity index (χ3n) is 14.2. The number of thiophene rings is 2. The summed E-state index contributed by atoms with van der Waals surface area (Å²) in [6, 6.07) is 27.5. The van der Waals surface area contributed by atoms with E-state index < -0.39 is 40.7 Å². The molecule has 13 nitrogen and oxygen atoms in total. The van der Waals surface area contributed by atoms with E-state index in [1.807, 2.05) is 82.2 Å². The van der Waals surface area contributed by atoms with Gasteiger partial charge >= 0.3 is 6.16 Å². The maximum absolute atomic E-state index is 15.7. The van der Waals surface area contributed by atoms with E-state index in [2.05, 4.69) is 9.80 Å². The van der Waals surface area contributed by atoms with E-state index in [1.165, 1.54) is 46.9 Å². The fourth-order valence-corrected chi connectivity index (χ4v) is 14.3. The van der Waals surface area contributed by atoms with Gasteiger partial charge in [0.05, 0.1) is 49.7 Å². The highest BCUT2D eigenvalue weighted by Crippen LogP contribution is 2.53. The number of carbonyl (C=O) groups is 3. The number of nitrogens with zero attached hydrogens (tertiary/aromatic N) is 4. The minimum absolute atomic E-state index is 0.00698. The van der Waals surface area contributed by atoms with Gasteiger partial charge in [-0.3, -0.25) is 9.59 Å². The highest BCUT2D eigenvalue weighted by atomic mass is 35.5. The number of amides is 2. The first-order valence-corrected chi connectivity index (χ1v) is 29.4. The molecule has 21 heteroatoms. The van der Waals surface area contributed by atoms with Gasteiger partial charge in [-0.1, -0.05) is 71.0 Å². The number of carbonyl (C=O) groups excluding carboxylic acids is 3. The van der Waals surface area contributed by atoms with E-state index in [4.69, 9.17) is 51.6 Å². The van der Waals surface area contributed by atoms with Crippen LogP contribution >= 0.6 is 69.4 Å². The Labute approximate surface area is 477 Å². The monoisotopic (exact) mass is 1170 g/mol. The molecule has 4 aliphatic heterocycles. The zero-order valence-corrected chi connectivity index (χ0v) is 47.3. The average molecular weight is 1180 g/mol. The smallest absolute Gasteiger partial charge is 0.398 e. The van der Waals surface area contributed by atoms with Crippen LogP contribution in [0.1, 0.15) is 35.1 Å². The van der Waals surface area contributed by atoms with Gasteiger partial charge in [-0.15, -0.1) is 0 Å². The van der Waals surface area contributed by atoms with Gasteiger partial charge in [0.25, 0.3) is 11.8 Å². The predicted molar refractivity (Wildman–Crippen MR) is 302 cm³/mol. The van der Waals surface area contributed by atoms with Crippen molar-refractivity contribution >= 4 is 98.7 Å². The second-order valence-electron chi connectivity index (χ2n) is 18.6. The molecule has 0 saturated carbocycles. The first-order valence-electron chi connectivity index (χ1n) is 25.1. The van der Waals surface area contributed by atoms with Crippen molar-refractivity contribution in [3.63, 3.8) is 0 Å². The lowest BCUT2D eigenvalue weighted by Gasteiger charge is -2.48. The van der Waals surface area contributed by atoms with E-state index in [0.717, 1.165) is 69.3 Å². The van der Waals surface area contributed by atoms with Crippen LogP contribution < -0.4 is 9.80 Å². The lowest BCUT2D eigenvalue weighted by Crippen LogP contribution is -2.55. The molecule has 6 heterocycles. The highest BCUT2D eigenvalue weighted by molar-refractivity contribution is 8.04. The minimum Gasteiger partial charge on any atom is -0.398 e. The molecule has 2 atom stereocenters. The van der Waals surface area contributed by atoms with Gasteiger partial charge < -0.3 is 48.0 Å². The lowest BCUT2D eigenvalue weighted by atomic mass is 9.77. The first kappa shape index (κ1) is 55.8. The van der Waals surface area contributed by atoms with Crippen molar-refractivity contribution in [2.45, 2.75) is 33.7 Å². The second kappa shape index (κ2) is 24.9. The molecule has 78 heavy (non-hydrogen) atoms. The molecule has 2 amide bonds. The molecule has 0 N–H and O–H groups in total. The molecular weight excluding hydrogens is 1120 g/mol. The zero-order valence-electron chi connectivity index (χ0n) is 42.6. The third kappa shape index (κ3) is 11.5. The van der Waals surface area contributed by atoms with Gasteiger partial charge in [0, 0.05) is 87.5 Å². The number of halogens is 4. The molecule has 0 aliphatic carbocycles. The maximum Gasteiger partial charge on any atom is 0.518 e. The highest BCUT2D eigenvalue weighted by Gasteiger charge is 2.53. The molecule has 2 unspecified atom stereocenters. The van der Waals surface area contributed by atoms with E-state index in [1.54, 1.807) is 24.0 Å². The van der Waals surface area contributed by atoms with Crippen LogP contribution in [0.5, 0.6) is 0 Å². The van der Waals surface area contributed by atoms with Crippen molar-refractivity contribution in [2.75, 3.05) is 103 Å². The summed E-state index contributed by atoms with van der Waals surface area (Å²) in [6.45, 7) is 5.76. The largest absolute Gasteiger partial charge is 0.518 e. The Kier molecular flexibility index (Phi) is 17.8. The predicted octanol–water partition coefficient (Wildman–Crippen LogP) is 12.2. The van der Waals surface area contributed by atoms with Crippen molar-refractivity contribution < 1.29 is 51.6 Å². The summed E-state index contributed by atoms with van der Waals surface area (Å²) in [5.74, 6) is -2.31. The fourth-order valence-electron chi connectivity index (χ4n) is 10.4. The van der Waals surface area contributed by atoms with Crippen LogP contribution in [0.4, 0.5) is 25.0 Å². The first-order chi connectivity index (χ1) is 37.9.